The van der Waals surface area contributed by atoms with Crippen LogP contribution in [-0.2, 0) is 9.53 Å². The SMILES string of the molecule is CC(C)CC(NC(=O)C1(NC(=O)OC(C)(C)C)CCC1)B(O)O. The van der Waals surface area contributed by atoms with E-state index in [1.165, 1.54) is 0 Å². The highest BCUT2D eigenvalue weighted by molar-refractivity contribution is 6.43. The summed E-state index contributed by atoms with van der Waals surface area (Å²) >= 11 is 0. The Morgan fingerprint density at radius 1 is 1.26 bits per heavy atom. The van der Waals surface area contributed by atoms with Crippen LogP contribution in [0.25, 0.3) is 0 Å². The van der Waals surface area contributed by atoms with Gasteiger partial charge in [-0.05, 0) is 52.4 Å². The summed E-state index contributed by atoms with van der Waals surface area (Å²) in [4.78, 5) is 24.5. The molecule has 1 atom stereocenters. The molecule has 4 N–H and O–H groups in total. The molecule has 0 saturated heterocycles. The van der Waals surface area contributed by atoms with Crippen LogP contribution in [0.3, 0.4) is 0 Å². The van der Waals surface area contributed by atoms with E-state index >= 15 is 0 Å². The van der Waals surface area contributed by atoms with Crippen molar-refractivity contribution in [3.63, 3.8) is 0 Å². The number of carbonyl (C=O) groups is 2. The summed E-state index contributed by atoms with van der Waals surface area (Å²) in [6.07, 6.45) is 1.63. The molecule has 7 nitrogen and oxygen atoms in total. The molecule has 1 aliphatic rings. The lowest BCUT2D eigenvalue weighted by atomic mass is 9.72. The quantitative estimate of drug-likeness (QED) is 0.544. The van der Waals surface area contributed by atoms with Gasteiger partial charge in [0, 0.05) is 0 Å². The Hall–Kier alpha value is -1.28. The average molecular weight is 328 g/mol. The van der Waals surface area contributed by atoms with Gasteiger partial charge in [0.05, 0.1) is 5.94 Å². The molecular weight excluding hydrogens is 299 g/mol. The van der Waals surface area contributed by atoms with E-state index in [9.17, 15) is 19.6 Å². The molecule has 23 heavy (non-hydrogen) atoms. The second-order valence-corrected chi connectivity index (χ2v) is 7.69. The number of alkyl carbamates (subject to hydrolysis) is 1. The molecule has 0 spiro atoms. The molecule has 1 aliphatic carbocycles. The molecule has 1 fully saturated rings. The Morgan fingerprint density at radius 3 is 2.17 bits per heavy atom. The van der Waals surface area contributed by atoms with Crippen LogP contribution in [0.15, 0.2) is 0 Å². The summed E-state index contributed by atoms with van der Waals surface area (Å²) in [6, 6.07) is 0. The second-order valence-electron chi connectivity index (χ2n) is 7.69. The van der Waals surface area contributed by atoms with Gasteiger partial charge < -0.3 is 25.4 Å². The van der Waals surface area contributed by atoms with Crippen molar-refractivity contribution in [1.29, 1.82) is 0 Å². The van der Waals surface area contributed by atoms with Gasteiger partial charge >= 0.3 is 13.2 Å². The van der Waals surface area contributed by atoms with Gasteiger partial charge in [-0.15, -0.1) is 0 Å². The number of rotatable bonds is 6. The summed E-state index contributed by atoms with van der Waals surface area (Å²) < 4.78 is 5.21. The van der Waals surface area contributed by atoms with E-state index in [0.29, 0.717) is 19.3 Å². The first-order chi connectivity index (χ1) is 10.4. The van der Waals surface area contributed by atoms with Gasteiger partial charge in [0.1, 0.15) is 11.1 Å². The van der Waals surface area contributed by atoms with Crippen LogP contribution in [0, 0.1) is 5.92 Å². The van der Waals surface area contributed by atoms with E-state index in [1.807, 2.05) is 13.8 Å². The third kappa shape index (κ3) is 6.03. The first-order valence-electron chi connectivity index (χ1n) is 8.13. The summed E-state index contributed by atoms with van der Waals surface area (Å²) in [5.41, 5.74) is -1.67. The maximum absolute atomic E-state index is 12.5. The topological polar surface area (TPSA) is 108 Å². The summed E-state index contributed by atoms with van der Waals surface area (Å²) in [7, 11) is -1.64. The number of carbonyl (C=O) groups excluding carboxylic acids is 2. The molecule has 1 rings (SSSR count). The summed E-state index contributed by atoms with van der Waals surface area (Å²) in [5, 5.41) is 24.2. The minimum Gasteiger partial charge on any atom is -0.444 e. The molecule has 2 amide bonds. The smallest absolute Gasteiger partial charge is 0.444 e. The van der Waals surface area contributed by atoms with Gasteiger partial charge in [-0.3, -0.25) is 4.79 Å². The first kappa shape index (κ1) is 19.8. The summed E-state index contributed by atoms with van der Waals surface area (Å²) in [6.45, 7) is 9.11. The van der Waals surface area contributed by atoms with Crippen LogP contribution >= 0.6 is 0 Å². The van der Waals surface area contributed by atoms with E-state index in [0.717, 1.165) is 6.42 Å². The van der Waals surface area contributed by atoms with Gasteiger partial charge in [-0.2, -0.15) is 0 Å². The largest absolute Gasteiger partial charge is 0.475 e. The average Bonchev–Trinajstić information content (AvgIpc) is 2.29. The van der Waals surface area contributed by atoms with Crippen molar-refractivity contribution in [1.82, 2.24) is 10.6 Å². The standard InChI is InChI=1S/C15H29BN2O5/c1-10(2)9-11(16(21)22)17-12(19)15(7-6-8-15)18-13(20)23-14(3,4)5/h10-11,21-22H,6-9H2,1-5H3,(H,17,19)(H,18,20). The Balaban J connectivity index is 2.71. The fourth-order valence-electron chi connectivity index (χ4n) is 2.51. The molecule has 0 aromatic carbocycles. The molecule has 1 saturated carbocycles. The number of hydrogen-bond donors (Lipinski definition) is 4. The third-order valence-electron chi connectivity index (χ3n) is 3.78. The molecule has 0 radical (unpaired) electrons. The number of nitrogens with one attached hydrogen (secondary N) is 2. The van der Waals surface area contributed by atoms with E-state index in [1.54, 1.807) is 20.8 Å². The van der Waals surface area contributed by atoms with Gasteiger partial charge in [-0.25, -0.2) is 4.79 Å². The van der Waals surface area contributed by atoms with E-state index in [4.69, 9.17) is 4.74 Å². The Kier molecular flexibility index (Phi) is 6.47. The predicted octanol–water partition coefficient (Wildman–Crippen LogP) is 0.977. The van der Waals surface area contributed by atoms with Crippen LogP contribution in [0.1, 0.15) is 60.3 Å². The van der Waals surface area contributed by atoms with Crippen molar-refractivity contribution >= 4 is 19.1 Å². The molecule has 0 heterocycles. The van der Waals surface area contributed by atoms with Crippen molar-refractivity contribution in [2.75, 3.05) is 0 Å². The normalized spacial score (nSPS) is 17.9. The van der Waals surface area contributed by atoms with Gasteiger partial charge in [0.25, 0.3) is 0 Å². The Labute approximate surface area is 138 Å². The first-order valence-corrected chi connectivity index (χ1v) is 8.13. The molecule has 8 heteroatoms. The molecule has 0 aliphatic heterocycles. The van der Waals surface area contributed by atoms with E-state index in [2.05, 4.69) is 10.6 Å². The van der Waals surface area contributed by atoms with Crippen LogP contribution in [0.5, 0.6) is 0 Å². The molecule has 0 aromatic rings. The Bertz CT molecular complexity index is 430. The maximum atomic E-state index is 12.5. The zero-order valence-corrected chi connectivity index (χ0v) is 14.7. The number of amides is 2. The highest BCUT2D eigenvalue weighted by atomic mass is 16.6. The van der Waals surface area contributed by atoms with Crippen molar-refractivity contribution in [2.24, 2.45) is 5.92 Å². The second kappa shape index (κ2) is 7.53. The monoisotopic (exact) mass is 328 g/mol. The molecule has 132 valence electrons. The molecule has 0 aromatic heterocycles. The number of hydrogen-bond acceptors (Lipinski definition) is 5. The fraction of sp³-hybridized carbons (Fsp3) is 0.867. The van der Waals surface area contributed by atoms with Crippen molar-refractivity contribution in [2.45, 2.75) is 77.4 Å². The van der Waals surface area contributed by atoms with E-state index in [-0.39, 0.29) is 5.92 Å². The van der Waals surface area contributed by atoms with Crippen LogP contribution < -0.4 is 10.6 Å². The zero-order valence-electron chi connectivity index (χ0n) is 14.7. The van der Waals surface area contributed by atoms with Crippen molar-refractivity contribution in [3.8, 4) is 0 Å². The predicted molar refractivity (Wildman–Crippen MR) is 87.5 cm³/mol. The molecule has 1 unspecified atom stereocenters. The lowest BCUT2D eigenvalue weighted by molar-refractivity contribution is -0.131. The fourth-order valence-corrected chi connectivity index (χ4v) is 2.51. The van der Waals surface area contributed by atoms with Gasteiger partial charge in [0.2, 0.25) is 5.91 Å². The van der Waals surface area contributed by atoms with Crippen LogP contribution in [0.2, 0.25) is 0 Å². The lowest BCUT2D eigenvalue weighted by Gasteiger charge is -2.41. The zero-order chi connectivity index (χ0) is 17.8. The molecule has 0 bridgehead atoms. The summed E-state index contributed by atoms with van der Waals surface area (Å²) in [5.74, 6) is -0.966. The van der Waals surface area contributed by atoms with Crippen LogP contribution in [0.4, 0.5) is 4.79 Å². The Morgan fingerprint density at radius 2 is 1.83 bits per heavy atom. The van der Waals surface area contributed by atoms with Crippen molar-refractivity contribution < 1.29 is 24.4 Å². The highest BCUT2D eigenvalue weighted by Gasteiger charge is 2.47. The molecular formula is C15H29BN2O5. The number of ether oxygens (including phenoxy) is 1. The van der Waals surface area contributed by atoms with Crippen molar-refractivity contribution in [3.05, 3.63) is 0 Å². The van der Waals surface area contributed by atoms with Gasteiger partial charge in [0.15, 0.2) is 0 Å². The van der Waals surface area contributed by atoms with Gasteiger partial charge in [-0.1, -0.05) is 13.8 Å². The van der Waals surface area contributed by atoms with E-state index < -0.39 is 36.2 Å². The highest BCUT2D eigenvalue weighted by Crippen LogP contribution is 2.32. The minimum atomic E-state index is -1.64. The van der Waals surface area contributed by atoms with Crippen LogP contribution in [-0.4, -0.2) is 46.2 Å². The minimum absolute atomic E-state index is 0.193. The lowest BCUT2D eigenvalue weighted by Crippen LogP contribution is -2.65. The third-order valence-corrected chi connectivity index (χ3v) is 3.78. The maximum Gasteiger partial charge on any atom is 0.475 e.